The first kappa shape index (κ1) is 14.1. The quantitative estimate of drug-likeness (QED) is 0.827. The smallest absolute Gasteiger partial charge is 0.110 e. The minimum absolute atomic E-state index is 0.173. The van der Waals surface area contributed by atoms with Crippen LogP contribution in [0.15, 0.2) is 24.4 Å². The summed E-state index contributed by atoms with van der Waals surface area (Å²) in [6.07, 6.45) is 3.48. The van der Waals surface area contributed by atoms with Gasteiger partial charge in [-0.15, -0.1) is 0 Å². The number of rotatable bonds is 2. The van der Waals surface area contributed by atoms with Crippen LogP contribution >= 0.6 is 0 Å². The van der Waals surface area contributed by atoms with Crippen molar-refractivity contribution in [2.45, 2.75) is 24.5 Å². The third-order valence-electron chi connectivity index (χ3n) is 5.59. The molecular weight excluding hydrogens is 280 g/mol. The molecule has 2 N–H and O–H groups in total. The van der Waals surface area contributed by atoms with Crippen molar-refractivity contribution in [3.05, 3.63) is 35.5 Å². The highest BCUT2D eigenvalue weighted by Crippen LogP contribution is 2.49. The summed E-state index contributed by atoms with van der Waals surface area (Å²) in [6.45, 7) is 1.05. The van der Waals surface area contributed by atoms with Gasteiger partial charge in [0.15, 0.2) is 0 Å². The van der Waals surface area contributed by atoms with E-state index in [-0.39, 0.29) is 18.6 Å². The number of ether oxygens (including phenoxy) is 1. The summed E-state index contributed by atoms with van der Waals surface area (Å²) in [5.74, 6) is 0.203. The van der Waals surface area contributed by atoms with Gasteiger partial charge in [0.2, 0.25) is 0 Å². The van der Waals surface area contributed by atoms with Crippen molar-refractivity contribution in [3.8, 4) is 0 Å². The summed E-state index contributed by atoms with van der Waals surface area (Å²) in [5, 5.41) is 20.9. The molecule has 5 nitrogen and oxygen atoms in total. The summed E-state index contributed by atoms with van der Waals surface area (Å²) < 4.78 is 7.32. The SMILES string of the molecule is CO[C@]12C[C@@H](CO)CN(C)[C@@H]1Cc1cn(O)c3cccc2c13. The van der Waals surface area contributed by atoms with E-state index in [1.54, 1.807) is 7.11 Å². The fourth-order valence-electron chi connectivity index (χ4n) is 4.65. The molecule has 0 amide bonds. The number of methoxy groups -OCH3 is 1. The van der Waals surface area contributed by atoms with Crippen LogP contribution in [0.25, 0.3) is 10.9 Å². The van der Waals surface area contributed by atoms with Gasteiger partial charge >= 0.3 is 0 Å². The van der Waals surface area contributed by atoms with E-state index in [0.717, 1.165) is 35.9 Å². The molecule has 1 aromatic carbocycles. The Morgan fingerprint density at radius 1 is 1.41 bits per heavy atom. The lowest BCUT2D eigenvalue weighted by Crippen LogP contribution is -2.59. The van der Waals surface area contributed by atoms with Crippen LogP contribution in [0, 0.1) is 5.92 Å². The maximum atomic E-state index is 10.2. The summed E-state index contributed by atoms with van der Waals surface area (Å²) in [6, 6.07) is 6.23. The molecule has 4 rings (SSSR count). The third kappa shape index (κ3) is 1.64. The van der Waals surface area contributed by atoms with Gasteiger partial charge in [0.1, 0.15) is 5.60 Å². The average Bonchev–Trinajstić information content (AvgIpc) is 2.86. The average molecular weight is 302 g/mol. The first-order valence-corrected chi connectivity index (χ1v) is 7.79. The van der Waals surface area contributed by atoms with Crippen molar-refractivity contribution >= 4 is 10.9 Å². The van der Waals surface area contributed by atoms with Gasteiger partial charge in [-0.1, -0.05) is 12.1 Å². The van der Waals surface area contributed by atoms with Gasteiger partial charge in [0.05, 0.1) is 5.52 Å². The molecule has 2 heterocycles. The number of nitrogens with zero attached hydrogens (tertiary/aromatic N) is 2. The van der Waals surface area contributed by atoms with Crippen molar-refractivity contribution in [1.82, 2.24) is 9.63 Å². The van der Waals surface area contributed by atoms with Crippen LogP contribution in [0.3, 0.4) is 0 Å². The fraction of sp³-hybridized carbons (Fsp3) is 0.529. The number of likely N-dealkylation sites (N-methyl/N-ethyl adjacent to an activating group) is 1. The molecule has 118 valence electrons. The van der Waals surface area contributed by atoms with Gasteiger partial charge in [-0.25, -0.2) is 0 Å². The molecule has 5 heteroatoms. The lowest BCUT2D eigenvalue weighted by Gasteiger charge is -2.52. The zero-order chi connectivity index (χ0) is 15.5. The van der Waals surface area contributed by atoms with Gasteiger partial charge in [0, 0.05) is 37.9 Å². The van der Waals surface area contributed by atoms with Gasteiger partial charge < -0.3 is 15.1 Å². The Morgan fingerprint density at radius 3 is 2.95 bits per heavy atom. The molecule has 2 aliphatic rings. The number of likely N-dealkylation sites (tertiary alicyclic amines) is 1. The number of hydrogen-bond donors (Lipinski definition) is 2. The van der Waals surface area contributed by atoms with E-state index in [2.05, 4.69) is 18.0 Å². The van der Waals surface area contributed by atoms with Crippen LogP contribution in [-0.2, 0) is 16.8 Å². The molecular formula is C17H22N2O3. The van der Waals surface area contributed by atoms with Gasteiger partial charge in [-0.05, 0) is 43.0 Å². The largest absolute Gasteiger partial charge is 0.428 e. The lowest BCUT2D eigenvalue weighted by atomic mass is 9.69. The molecule has 1 saturated heterocycles. The first-order valence-electron chi connectivity index (χ1n) is 7.79. The molecule has 2 aromatic rings. The normalized spacial score (nSPS) is 31.4. The minimum Gasteiger partial charge on any atom is -0.428 e. The number of benzene rings is 1. The second-order valence-corrected chi connectivity index (χ2v) is 6.70. The van der Waals surface area contributed by atoms with Crippen LogP contribution in [0.1, 0.15) is 17.5 Å². The molecule has 1 aliphatic heterocycles. The predicted octanol–water partition coefficient (Wildman–Crippen LogP) is 1.59. The molecule has 0 radical (unpaired) electrons. The van der Waals surface area contributed by atoms with Crippen molar-refractivity contribution in [1.29, 1.82) is 0 Å². The number of aliphatic hydroxyl groups is 1. The Morgan fingerprint density at radius 2 is 2.23 bits per heavy atom. The van der Waals surface area contributed by atoms with Crippen LogP contribution in [-0.4, -0.2) is 53.3 Å². The van der Waals surface area contributed by atoms with E-state index in [1.165, 1.54) is 10.3 Å². The number of fused-ring (bicyclic) bond motifs is 2. The van der Waals surface area contributed by atoms with E-state index < -0.39 is 5.60 Å². The molecule has 1 aliphatic carbocycles. The Balaban J connectivity index is 1.98. The number of hydrogen-bond acceptors (Lipinski definition) is 4. The van der Waals surface area contributed by atoms with Crippen molar-refractivity contribution in [3.63, 3.8) is 0 Å². The van der Waals surface area contributed by atoms with Crippen LogP contribution in [0.4, 0.5) is 0 Å². The highest BCUT2D eigenvalue weighted by Gasteiger charge is 2.51. The fourth-order valence-corrected chi connectivity index (χ4v) is 4.65. The first-order chi connectivity index (χ1) is 10.6. The molecule has 1 aromatic heterocycles. The predicted molar refractivity (Wildman–Crippen MR) is 83.1 cm³/mol. The van der Waals surface area contributed by atoms with Gasteiger partial charge in [-0.2, -0.15) is 4.73 Å². The Hall–Kier alpha value is -1.56. The molecule has 0 saturated carbocycles. The van der Waals surface area contributed by atoms with Crippen molar-refractivity contribution in [2.75, 3.05) is 27.3 Å². The molecule has 1 fully saturated rings. The Bertz CT molecular complexity index is 726. The standard InChI is InChI=1S/C17H22N2O3/c1-18-8-11(10-20)7-17(22-2)13-4-3-5-14-16(13)12(6-15(17)18)9-19(14)21/h3-5,9,11,15,20-21H,6-8,10H2,1-2H3/t11-,15-,17+/m1/s1. The highest BCUT2D eigenvalue weighted by atomic mass is 16.5. The molecule has 22 heavy (non-hydrogen) atoms. The second-order valence-electron chi connectivity index (χ2n) is 6.70. The van der Waals surface area contributed by atoms with Crippen LogP contribution in [0.5, 0.6) is 0 Å². The number of piperidine rings is 1. The third-order valence-corrected chi connectivity index (χ3v) is 5.59. The summed E-state index contributed by atoms with van der Waals surface area (Å²) in [4.78, 5) is 2.30. The van der Waals surface area contributed by atoms with E-state index >= 15 is 0 Å². The van der Waals surface area contributed by atoms with E-state index in [1.807, 2.05) is 18.3 Å². The van der Waals surface area contributed by atoms with Gasteiger partial charge in [-0.3, -0.25) is 4.90 Å². The number of aromatic nitrogens is 1. The molecule has 0 unspecified atom stereocenters. The monoisotopic (exact) mass is 302 g/mol. The van der Waals surface area contributed by atoms with Crippen molar-refractivity contribution in [2.24, 2.45) is 5.92 Å². The topological polar surface area (TPSA) is 57.9 Å². The van der Waals surface area contributed by atoms with Crippen molar-refractivity contribution < 1.29 is 15.1 Å². The van der Waals surface area contributed by atoms with E-state index in [0.29, 0.717) is 0 Å². The molecule has 3 atom stereocenters. The maximum absolute atomic E-state index is 10.2. The highest BCUT2D eigenvalue weighted by molar-refractivity contribution is 5.89. The second kappa shape index (κ2) is 4.72. The van der Waals surface area contributed by atoms with E-state index in [4.69, 9.17) is 4.74 Å². The Labute approximate surface area is 129 Å². The minimum atomic E-state index is -0.422. The maximum Gasteiger partial charge on any atom is 0.110 e. The number of aliphatic hydroxyl groups excluding tert-OH is 1. The Kier molecular flexibility index (Phi) is 3.01. The van der Waals surface area contributed by atoms with E-state index in [9.17, 15) is 10.3 Å². The summed E-state index contributed by atoms with van der Waals surface area (Å²) >= 11 is 0. The molecule has 0 bridgehead atoms. The van der Waals surface area contributed by atoms with Gasteiger partial charge in [0.25, 0.3) is 0 Å². The van der Waals surface area contributed by atoms with Crippen LogP contribution in [0.2, 0.25) is 0 Å². The lowest BCUT2D eigenvalue weighted by molar-refractivity contribution is -0.130. The summed E-state index contributed by atoms with van der Waals surface area (Å²) in [7, 11) is 3.86. The molecule has 0 spiro atoms. The summed E-state index contributed by atoms with van der Waals surface area (Å²) in [5.41, 5.74) is 2.71. The van der Waals surface area contributed by atoms with Crippen LogP contribution < -0.4 is 0 Å². The zero-order valence-electron chi connectivity index (χ0n) is 13.0. The zero-order valence-corrected chi connectivity index (χ0v) is 13.0.